The molecule has 0 spiro atoms. The summed E-state index contributed by atoms with van der Waals surface area (Å²) in [6.45, 7) is 6.20. The first-order valence-electron chi connectivity index (χ1n) is 6.07. The third-order valence-corrected chi connectivity index (χ3v) is 4.26. The molecule has 0 saturated carbocycles. The maximum Gasteiger partial charge on any atom is 0.350 e. The molecule has 6 heteroatoms. The van der Waals surface area contributed by atoms with Gasteiger partial charge in [0.2, 0.25) is 0 Å². The molecule has 102 valence electrons. The van der Waals surface area contributed by atoms with Gasteiger partial charge in [0.05, 0.1) is 17.3 Å². The Kier molecular flexibility index (Phi) is 6.05. The molecule has 1 aromatic heterocycles. The van der Waals surface area contributed by atoms with E-state index >= 15 is 0 Å². The standard InChI is InChI=1S/C12H18N2O2S.ClH/c1-3-16-12(15)10-8(2)14-11(17-10)9-4-6-13-7-5-9;/h9,13H,3-7H2,1-2H3;1H. The van der Waals surface area contributed by atoms with Crippen molar-refractivity contribution < 1.29 is 9.53 Å². The molecule has 1 fully saturated rings. The van der Waals surface area contributed by atoms with Gasteiger partial charge in [0, 0.05) is 5.92 Å². The molecule has 1 aliphatic rings. The minimum Gasteiger partial charge on any atom is -0.462 e. The largest absolute Gasteiger partial charge is 0.462 e. The van der Waals surface area contributed by atoms with Gasteiger partial charge in [-0.15, -0.1) is 23.7 Å². The summed E-state index contributed by atoms with van der Waals surface area (Å²) in [7, 11) is 0. The number of nitrogens with zero attached hydrogens (tertiary/aromatic N) is 1. The van der Waals surface area contributed by atoms with Crippen LogP contribution < -0.4 is 5.32 Å². The molecule has 0 aromatic carbocycles. The fraction of sp³-hybridized carbons (Fsp3) is 0.667. The molecular formula is C12H19ClN2O2S. The molecule has 0 amide bonds. The van der Waals surface area contributed by atoms with Crippen LogP contribution in [0, 0.1) is 6.92 Å². The third-order valence-electron chi connectivity index (χ3n) is 2.96. The fourth-order valence-electron chi connectivity index (χ4n) is 2.05. The molecule has 4 nitrogen and oxygen atoms in total. The molecule has 2 heterocycles. The van der Waals surface area contributed by atoms with E-state index in [-0.39, 0.29) is 18.4 Å². The lowest BCUT2D eigenvalue weighted by Gasteiger charge is -2.20. The summed E-state index contributed by atoms with van der Waals surface area (Å²) in [6, 6.07) is 0. The van der Waals surface area contributed by atoms with Gasteiger partial charge in [-0.2, -0.15) is 0 Å². The van der Waals surface area contributed by atoms with E-state index < -0.39 is 0 Å². The molecule has 1 N–H and O–H groups in total. The lowest BCUT2D eigenvalue weighted by molar-refractivity contribution is 0.0531. The van der Waals surface area contributed by atoms with Crippen LogP contribution in [0.3, 0.4) is 0 Å². The van der Waals surface area contributed by atoms with Crippen molar-refractivity contribution in [3.8, 4) is 0 Å². The summed E-state index contributed by atoms with van der Waals surface area (Å²) in [5.74, 6) is 0.269. The predicted molar refractivity (Wildman–Crippen MR) is 74.9 cm³/mol. The number of piperidine rings is 1. The summed E-state index contributed by atoms with van der Waals surface area (Å²) in [5.41, 5.74) is 0.807. The Labute approximate surface area is 118 Å². The number of thiazole rings is 1. The number of carbonyl (C=O) groups excluding carboxylic acids is 1. The molecule has 1 saturated heterocycles. The fourth-order valence-corrected chi connectivity index (χ4v) is 3.18. The molecule has 2 rings (SSSR count). The van der Waals surface area contributed by atoms with Crippen molar-refractivity contribution in [1.29, 1.82) is 0 Å². The van der Waals surface area contributed by atoms with Crippen molar-refractivity contribution in [2.45, 2.75) is 32.6 Å². The van der Waals surface area contributed by atoms with E-state index in [1.165, 1.54) is 11.3 Å². The number of hydrogen-bond donors (Lipinski definition) is 1. The highest BCUT2D eigenvalue weighted by Crippen LogP contribution is 2.31. The minimum absolute atomic E-state index is 0. The number of ether oxygens (including phenoxy) is 1. The number of esters is 1. The summed E-state index contributed by atoms with van der Waals surface area (Å²) < 4.78 is 5.03. The first kappa shape index (κ1) is 15.4. The van der Waals surface area contributed by atoms with Crippen molar-refractivity contribution in [2.75, 3.05) is 19.7 Å². The van der Waals surface area contributed by atoms with Crippen molar-refractivity contribution in [2.24, 2.45) is 0 Å². The Bertz CT molecular complexity index is 403. The highest BCUT2D eigenvalue weighted by molar-refractivity contribution is 7.13. The normalized spacial score (nSPS) is 16.1. The van der Waals surface area contributed by atoms with Crippen LogP contribution in [0.15, 0.2) is 0 Å². The van der Waals surface area contributed by atoms with E-state index in [2.05, 4.69) is 10.3 Å². The van der Waals surface area contributed by atoms with Gasteiger partial charge in [-0.25, -0.2) is 9.78 Å². The quantitative estimate of drug-likeness (QED) is 0.869. The minimum atomic E-state index is -0.234. The first-order chi connectivity index (χ1) is 8.22. The van der Waals surface area contributed by atoms with E-state index in [4.69, 9.17) is 4.74 Å². The highest BCUT2D eigenvalue weighted by atomic mass is 35.5. The van der Waals surface area contributed by atoms with Crippen LogP contribution in [0.2, 0.25) is 0 Å². The van der Waals surface area contributed by atoms with Gasteiger partial charge in [-0.1, -0.05) is 0 Å². The van der Waals surface area contributed by atoms with E-state index in [1.807, 2.05) is 13.8 Å². The maximum absolute atomic E-state index is 11.7. The summed E-state index contributed by atoms with van der Waals surface area (Å²) in [5, 5.41) is 4.42. The zero-order valence-electron chi connectivity index (χ0n) is 10.7. The van der Waals surface area contributed by atoms with Crippen molar-refractivity contribution in [1.82, 2.24) is 10.3 Å². The Morgan fingerprint density at radius 1 is 1.50 bits per heavy atom. The van der Waals surface area contributed by atoms with Crippen molar-refractivity contribution in [3.63, 3.8) is 0 Å². The molecule has 18 heavy (non-hydrogen) atoms. The second-order valence-electron chi connectivity index (χ2n) is 4.21. The van der Waals surface area contributed by atoms with Gasteiger partial charge in [0.1, 0.15) is 4.88 Å². The monoisotopic (exact) mass is 290 g/mol. The van der Waals surface area contributed by atoms with Crippen LogP contribution in [-0.4, -0.2) is 30.6 Å². The highest BCUT2D eigenvalue weighted by Gasteiger charge is 2.22. The lowest BCUT2D eigenvalue weighted by Crippen LogP contribution is -2.26. The van der Waals surface area contributed by atoms with Gasteiger partial charge in [-0.05, 0) is 39.8 Å². The Balaban J connectivity index is 0.00000162. The summed E-state index contributed by atoms with van der Waals surface area (Å²) >= 11 is 1.50. The summed E-state index contributed by atoms with van der Waals surface area (Å²) in [6.07, 6.45) is 2.21. The van der Waals surface area contributed by atoms with Crippen molar-refractivity contribution in [3.05, 3.63) is 15.6 Å². The molecule has 1 aromatic rings. The van der Waals surface area contributed by atoms with E-state index in [1.54, 1.807) is 0 Å². The van der Waals surface area contributed by atoms with Gasteiger partial charge in [0.15, 0.2) is 0 Å². The molecule has 0 bridgehead atoms. The van der Waals surface area contributed by atoms with Crippen LogP contribution >= 0.6 is 23.7 Å². The van der Waals surface area contributed by atoms with E-state index in [0.717, 1.165) is 36.6 Å². The number of aromatic nitrogens is 1. The number of halogens is 1. The van der Waals surface area contributed by atoms with E-state index in [0.29, 0.717) is 17.4 Å². The molecule has 0 aliphatic carbocycles. The van der Waals surface area contributed by atoms with Gasteiger partial charge in [0.25, 0.3) is 0 Å². The topological polar surface area (TPSA) is 51.2 Å². The molecule has 1 aliphatic heterocycles. The number of nitrogens with one attached hydrogen (secondary N) is 1. The Morgan fingerprint density at radius 3 is 2.78 bits per heavy atom. The van der Waals surface area contributed by atoms with Crippen LogP contribution in [-0.2, 0) is 4.74 Å². The third kappa shape index (κ3) is 3.43. The zero-order valence-corrected chi connectivity index (χ0v) is 12.3. The van der Waals surface area contributed by atoms with E-state index in [9.17, 15) is 4.79 Å². The number of hydrogen-bond acceptors (Lipinski definition) is 5. The van der Waals surface area contributed by atoms with Crippen LogP contribution in [0.4, 0.5) is 0 Å². The summed E-state index contributed by atoms with van der Waals surface area (Å²) in [4.78, 5) is 16.9. The average molecular weight is 291 g/mol. The van der Waals surface area contributed by atoms with Crippen LogP contribution in [0.5, 0.6) is 0 Å². The second-order valence-corrected chi connectivity index (χ2v) is 5.24. The first-order valence-corrected chi connectivity index (χ1v) is 6.89. The SMILES string of the molecule is CCOC(=O)c1sc(C2CCNCC2)nc1C.Cl. The van der Waals surface area contributed by atoms with Crippen molar-refractivity contribution >= 4 is 29.7 Å². The lowest BCUT2D eigenvalue weighted by atomic mass is 9.99. The van der Waals surface area contributed by atoms with Crippen LogP contribution in [0.25, 0.3) is 0 Å². The smallest absolute Gasteiger partial charge is 0.350 e. The average Bonchev–Trinajstić information content (AvgIpc) is 2.73. The predicted octanol–water partition coefficient (Wildman–Crippen LogP) is 2.52. The second kappa shape index (κ2) is 7.07. The number of aryl methyl sites for hydroxylation is 1. The maximum atomic E-state index is 11.7. The van der Waals surface area contributed by atoms with Gasteiger partial charge < -0.3 is 10.1 Å². The molecule has 0 atom stereocenters. The molecular weight excluding hydrogens is 272 g/mol. The van der Waals surface area contributed by atoms with Crippen LogP contribution in [0.1, 0.15) is 46.1 Å². The molecule has 0 unspecified atom stereocenters. The number of carbonyl (C=O) groups is 1. The Hall–Kier alpha value is -0.650. The molecule has 0 radical (unpaired) electrons. The Morgan fingerprint density at radius 2 is 2.17 bits per heavy atom. The van der Waals surface area contributed by atoms with Gasteiger partial charge >= 0.3 is 5.97 Å². The van der Waals surface area contributed by atoms with Gasteiger partial charge in [-0.3, -0.25) is 0 Å². The number of rotatable bonds is 3. The zero-order chi connectivity index (χ0) is 12.3.